The van der Waals surface area contributed by atoms with Gasteiger partial charge in [-0.3, -0.25) is 0 Å². The van der Waals surface area contributed by atoms with Crippen molar-refractivity contribution in [1.82, 2.24) is 0 Å². The van der Waals surface area contributed by atoms with Crippen LogP contribution in [0.25, 0.3) is 11.1 Å². The quantitative estimate of drug-likeness (QED) is 0.508. The minimum Gasteiger partial charge on any atom is -0.0654 e. The predicted molar refractivity (Wildman–Crippen MR) is 104 cm³/mol. The lowest BCUT2D eigenvalue weighted by molar-refractivity contribution is 0.304. The lowest BCUT2D eigenvalue weighted by Gasteiger charge is -2.29. The molecule has 23 heavy (non-hydrogen) atoms. The lowest BCUT2D eigenvalue weighted by atomic mass is 9.77. The van der Waals surface area contributed by atoms with Gasteiger partial charge in [0.1, 0.15) is 0 Å². The Bertz CT molecular complexity index is 589. The van der Waals surface area contributed by atoms with Crippen molar-refractivity contribution < 1.29 is 0 Å². The fraction of sp³-hybridized carbons (Fsp3) is 0.455. The van der Waals surface area contributed by atoms with Crippen molar-refractivity contribution in [3.63, 3.8) is 0 Å². The summed E-state index contributed by atoms with van der Waals surface area (Å²) in [6.45, 7) is 2.30. The van der Waals surface area contributed by atoms with Crippen LogP contribution < -0.4 is 0 Å². The van der Waals surface area contributed by atoms with Crippen molar-refractivity contribution in [3.8, 4) is 11.1 Å². The first-order valence-electron chi connectivity index (χ1n) is 9.12. The smallest absolute Gasteiger partial charge is 0.0175 e. The van der Waals surface area contributed by atoms with E-state index < -0.39 is 0 Å². The van der Waals surface area contributed by atoms with Crippen molar-refractivity contribution in [2.45, 2.75) is 57.8 Å². The topological polar surface area (TPSA) is 0 Å². The van der Waals surface area contributed by atoms with Crippen molar-refractivity contribution >= 4 is 15.9 Å². The molecule has 2 aromatic rings. The Morgan fingerprint density at radius 2 is 1.39 bits per heavy atom. The number of benzene rings is 2. The summed E-state index contributed by atoms with van der Waals surface area (Å²) in [6.07, 6.45) is 9.83. The van der Waals surface area contributed by atoms with Crippen molar-refractivity contribution in [2.75, 3.05) is 0 Å². The maximum absolute atomic E-state index is 3.50. The van der Waals surface area contributed by atoms with Crippen molar-refractivity contribution in [1.29, 1.82) is 0 Å². The molecule has 0 N–H and O–H groups in total. The molecule has 0 heterocycles. The Morgan fingerprint density at radius 1 is 0.826 bits per heavy atom. The van der Waals surface area contributed by atoms with E-state index in [1.165, 1.54) is 56.1 Å². The van der Waals surface area contributed by atoms with Crippen molar-refractivity contribution in [2.24, 2.45) is 5.92 Å². The van der Waals surface area contributed by atoms with E-state index in [4.69, 9.17) is 0 Å². The summed E-state index contributed by atoms with van der Waals surface area (Å²) >= 11 is 3.50. The largest absolute Gasteiger partial charge is 0.0654 e. The lowest BCUT2D eigenvalue weighted by Crippen LogP contribution is -2.13. The van der Waals surface area contributed by atoms with Gasteiger partial charge < -0.3 is 0 Å². The van der Waals surface area contributed by atoms with Gasteiger partial charge in [-0.05, 0) is 66.3 Å². The summed E-state index contributed by atoms with van der Waals surface area (Å²) in [5.74, 6) is 1.78. The molecule has 1 aliphatic rings. The monoisotopic (exact) mass is 370 g/mol. The van der Waals surface area contributed by atoms with E-state index in [0.29, 0.717) is 0 Å². The third-order valence-corrected chi connectivity index (χ3v) is 5.90. The number of rotatable bonds is 5. The normalized spacial score (nSPS) is 21.3. The Hall–Kier alpha value is -1.08. The molecule has 3 rings (SSSR count). The summed E-state index contributed by atoms with van der Waals surface area (Å²) in [5.41, 5.74) is 4.15. The van der Waals surface area contributed by atoms with Crippen LogP contribution >= 0.6 is 15.9 Å². The highest BCUT2D eigenvalue weighted by atomic mass is 79.9. The second kappa shape index (κ2) is 8.15. The van der Waals surface area contributed by atoms with Crippen LogP contribution in [0.15, 0.2) is 53.0 Å². The Kier molecular flexibility index (Phi) is 5.94. The number of halogens is 1. The molecule has 0 saturated heterocycles. The highest BCUT2D eigenvalue weighted by Crippen LogP contribution is 2.38. The maximum atomic E-state index is 3.50. The molecule has 1 fully saturated rings. The van der Waals surface area contributed by atoms with Crippen LogP contribution in [0.2, 0.25) is 0 Å². The zero-order valence-corrected chi connectivity index (χ0v) is 15.7. The van der Waals surface area contributed by atoms with E-state index in [-0.39, 0.29) is 0 Å². The summed E-state index contributed by atoms with van der Waals surface area (Å²) in [5, 5.41) is 0. The van der Waals surface area contributed by atoms with E-state index in [1.54, 1.807) is 5.56 Å². The van der Waals surface area contributed by atoms with Gasteiger partial charge in [-0.2, -0.15) is 0 Å². The highest BCUT2D eigenvalue weighted by Gasteiger charge is 2.21. The molecular formula is C22H27Br. The minimum atomic E-state index is 0.784. The average molecular weight is 371 g/mol. The molecule has 0 nitrogen and oxygen atoms in total. The van der Waals surface area contributed by atoms with Gasteiger partial charge >= 0.3 is 0 Å². The molecule has 0 atom stereocenters. The van der Waals surface area contributed by atoms with E-state index in [0.717, 1.165) is 16.3 Å². The van der Waals surface area contributed by atoms with Crippen LogP contribution in [-0.2, 0) is 0 Å². The fourth-order valence-electron chi connectivity index (χ4n) is 3.87. The molecule has 0 radical (unpaired) electrons. The standard InChI is InChI=1S/C22H27Br/c1-2-3-4-17-5-7-18(8-6-17)19-9-11-20(12-10-19)21-13-15-22(23)16-14-21/h9-18H,2-8H2,1H3. The summed E-state index contributed by atoms with van der Waals surface area (Å²) < 4.78 is 1.14. The third kappa shape index (κ3) is 4.47. The predicted octanol–water partition coefficient (Wildman–Crippen LogP) is 7.58. The van der Waals surface area contributed by atoms with Crippen LogP contribution in [0, 0.1) is 5.92 Å². The number of hydrogen-bond donors (Lipinski definition) is 0. The number of hydrogen-bond acceptors (Lipinski definition) is 0. The molecule has 1 aliphatic carbocycles. The first-order valence-corrected chi connectivity index (χ1v) is 9.91. The van der Waals surface area contributed by atoms with E-state index in [1.807, 2.05) is 0 Å². The highest BCUT2D eigenvalue weighted by molar-refractivity contribution is 9.10. The van der Waals surface area contributed by atoms with Crippen LogP contribution in [0.5, 0.6) is 0 Å². The molecule has 0 aliphatic heterocycles. The first-order chi connectivity index (χ1) is 11.3. The minimum absolute atomic E-state index is 0.784. The fourth-order valence-corrected chi connectivity index (χ4v) is 4.13. The molecule has 2 aromatic carbocycles. The van der Waals surface area contributed by atoms with Crippen LogP contribution in [0.4, 0.5) is 0 Å². The van der Waals surface area contributed by atoms with Crippen LogP contribution in [0.1, 0.15) is 63.4 Å². The molecule has 0 amide bonds. The van der Waals surface area contributed by atoms with Gasteiger partial charge in [0.15, 0.2) is 0 Å². The number of unbranched alkanes of at least 4 members (excludes halogenated alkanes) is 1. The summed E-state index contributed by atoms with van der Waals surface area (Å²) in [6, 6.07) is 17.9. The first kappa shape index (κ1) is 16.8. The van der Waals surface area contributed by atoms with E-state index >= 15 is 0 Å². The molecule has 0 aromatic heterocycles. The molecule has 122 valence electrons. The molecule has 0 bridgehead atoms. The summed E-state index contributed by atoms with van der Waals surface area (Å²) in [7, 11) is 0. The SMILES string of the molecule is CCCCC1CCC(c2ccc(-c3ccc(Br)cc3)cc2)CC1. The van der Waals surface area contributed by atoms with Gasteiger partial charge in [-0.1, -0.05) is 78.5 Å². The van der Waals surface area contributed by atoms with Gasteiger partial charge in [0.25, 0.3) is 0 Å². The average Bonchev–Trinajstić information content (AvgIpc) is 2.61. The molecule has 0 unspecified atom stereocenters. The van der Waals surface area contributed by atoms with Gasteiger partial charge in [0.2, 0.25) is 0 Å². The Balaban J connectivity index is 1.61. The zero-order chi connectivity index (χ0) is 16.1. The van der Waals surface area contributed by atoms with E-state index in [2.05, 4.69) is 71.4 Å². The van der Waals surface area contributed by atoms with Gasteiger partial charge in [-0.15, -0.1) is 0 Å². The van der Waals surface area contributed by atoms with Gasteiger partial charge in [-0.25, -0.2) is 0 Å². The van der Waals surface area contributed by atoms with E-state index in [9.17, 15) is 0 Å². The van der Waals surface area contributed by atoms with Gasteiger partial charge in [0.05, 0.1) is 0 Å². The zero-order valence-electron chi connectivity index (χ0n) is 14.1. The van der Waals surface area contributed by atoms with Crippen molar-refractivity contribution in [3.05, 3.63) is 58.6 Å². The maximum Gasteiger partial charge on any atom is 0.0175 e. The Morgan fingerprint density at radius 3 is 1.96 bits per heavy atom. The molecular weight excluding hydrogens is 344 g/mol. The second-order valence-electron chi connectivity index (χ2n) is 6.99. The van der Waals surface area contributed by atoms with Gasteiger partial charge in [0, 0.05) is 4.47 Å². The second-order valence-corrected chi connectivity index (χ2v) is 7.90. The molecule has 1 heteroatoms. The molecule has 0 spiro atoms. The van der Waals surface area contributed by atoms with Crippen LogP contribution in [-0.4, -0.2) is 0 Å². The summed E-state index contributed by atoms with van der Waals surface area (Å²) in [4.78, 5) is 0. The third-order valence-electron chi connectivity index (χ3n) is 5.37. The molecule has 1 saturated carbocycles. The Labute approximate surface area is 149 Å². The van der Waals surface area contributed by atoms with Crippen LogP contribution in [0.3, 0.4) is 0 Å².